The molecule has 8 heteroatoms. The van der Waals surface area contributed by atoms with Crippen LogP contribution in [0.4, 0.5) is 10.5 Å². The third-order valence-corrected chi connectivity index (χ3v) is 6.15. The molecule has 2 atom stereocenters. The lowest BCUT2D eigenvalue weighted by Gasteiger charge is -2.35. The topological polar surface area (TPSA) is 112 Å². The van der Waals surface area contributed by atoms with Crippen molar-refractivity contribution >= 4 is 23.6 Å². The van der Waals surface area contributed by atoms with E-state index in [-0.39, 0.29) is 12.5 Å². The minimum absolute atomic E-state index is 0.336. The quantitative estimate of drug-likeness (QED) is 0.446. The number of rotatable bonds is 8. The van der Waals surface area contributed by atoms with E-state index in [9.17, 15) is 19.6 Å². The third kappa shape index (κ3) is 7.82. The van der Waals surface area contributed by atoms with E-state index in [0.717, 1.165) is 22.3 Å². The number of ether oxygens (including phenoxy) is 1. The highest BCUT2D eigenvalue weighted by atomic mass is 16.6. The Bertz CT molecular complexity index is 1200. The minimum atomic E-state index is -1.11. The molecule has 0 saturated heterocycles. The lowest BCUT2D eigenvalue weighted by molar-refractivity contribution is -0.141. The molecule has 0 spiro atoms. The van der Waals surface area contributed by atoms with Crippen molar-refractivity contribution in [3.05, 3.63) is 64.2 Å². The Hall–Kier alpha value is -3.86. The molecular weight excluding hydrogens is 480 g/mol. The smallest absolute Gasteiger partial charge is 0.408 e. The summed E-state index contributed by atoms with van der Waals surface area (Å²) in [5.41, 5.74) is 3.97. The zero-order chi connectivity index (χ0) is 28.8. The predicted molar refractivity (Wildman–Crippen MR) is 149 cm³/mol. The summed E-state index contributed by atoms with van der Waals surface area (Å²) in [6.45, 7) is 16.0. The van der Waals surface area contributed by atoms with Gasteiger partial charge in [-0.15, -0.1) is 0 Å². The normalized spacial score (nSPS) is 12.8. The maximum atomic E-state index is 14.0. The van der Waals surface area contributed by atoms with Gasteiger partial charge in [0, 0.05) is 5.69 Å². The molecule has 38 heavy (non-hydrogen) atoms. The van der Waals surface area contributed by atoms with Gasteiger partial charge in [-0.2, -0.15) is 5.26 Å². The number of hydrogen-bond acceptors (Lipinski definition) is 5. The number of carbonyl (C=O) groups is 3. The monoisotopic (exact) mass is 520 g/mol. The fraction of sp³-hybridized carbons (Fsp3) is 0.467. The van der Waals surface area contributed by atoms with Gasteiger partial charge in [0.2, 0.25) is 5.91 Å². The molecule has 0 aliphatic rings. The summed E-state index contributed by atoms with van der Waals surface area (Å²) in [6.07, 6.45) is -0.746. The molecule has 0 aliphatic heterocycles. The first-order valence-corrected chi connectivity index (χ1v) is 12.8. The van der Waals surface area contributed by atoms with E-state index in [2.05, 4.69) is 10.6 Å². The highest BCUT2D eigenvalue weighted by Gasteiger charge is 2.38. The molecule has 0 bridgehead atoms. The number of para-hydroxylation sites is 1. The first-order valence-electron chi connectivity index (χ1n) is 12.8. The summed E-state index contributed by atoms with van der Waals surface area (Å²) < 4.78 is 5.38. The molecule has 204 valence electrons. The van der Waals surface area contributed by atoms with E-state index in [1.165, 1.54) is 4.90 Å². The van der Waals surface area contributed by atoms with Crippen LogP contribution in [0, 0.1) is 44.9 Å². The Balaban J connectivity index is 2.60. The van der Waals surface area contributed by atoms with Gasteiger partial charge in [0.25, 0.3) is 5.91 Å². The Morgan fingerprint density at radius 1 is 1.00 bits per heavy atom. The molecule has 0 radical (unpaired) electrons. The average molecular weight is 521 g/mol. The van der Waals surface area contributed by atoms with Crippen LogP contribution in [0.25, 0.3) is 0 Å². The second-order valence-corrected chi connectivity index (χ2v) is 11.0. The summed E-state index contributed by atoms with van der Waals surface area (Å²) in [4.78, 5) is 41.8. The van der Waals surface area contributed by atoms with Crippen molar-refractivity contribution in [3.63, 3.8) is 0 Å². The van der Waals surface area contributed by atoms with Crippen LogP contribution in [0.5, 0.6) is 0 Å². The average Bonchev–Trinajstić information content (AvgIpc) is 2.80. The fourth-order valence-corrected chi connectivity index (χ4v) is 4.21. The summed E-state index contributed by atoms with van der Waals surface area (Å²) in [5.74, 6) is -1.33. The number of nitrogens with zero attached hydrogens (tertiary/aromatic N) is 2. The molecule has 2 unspecified atom stereocenters. The minimum Gasteiger partial charge on any atom is -0.444 e. The van der Waals surface area contributed by atoms with Crippen molar-refractivity contribution in [3.8, 4) is 6.07 Å². The summed E-state index contributed by atoms with van der Waals surface area (Å²) in [7, 11) is 0. The van der Waals surface area contributed by atoms with Crippen molar-refractivity contribution in [2.75, 3.05) is 11.9 Å². The number of aryl methyl sites for hydroxylation is 4. The van der Waals surface area contributed by atoms with E-state index in [4.69, 9.17) is 4.74 Å². The molecule has 2 rings (SSSR count). The highest BCUT2D eigenvalue weighted by Crippen LogP contribution is 2.30. The molecule has 0 aromatic heterocycles. The van der Waals surface area contributed by atoms with Crippen LogP contribution in [0.1, 0.15) is 68.5 Å². The first kappa shape index (κ1) is 30.4. The van der Waals surface area contributed by atoms with Gasteiger partial charge in [-0.25, -0.2) is 4.79 Å². The number of nitriles is 1. The number of carbonyl (C=O) groups excluding carboxylic acids is 3. The van der Waals surface area contributed by atoms with Crippen molar-refractivity contribution in [2.24, 2.45) is 5.92 Å². The summed E-state index contributed by atoms with van der Waals surface area (Å²) in [6, 6.07) is 11.3. The van der Waals surface area contributed by atoms with Crippen LogP contribution in [0.15, 0.2) is 36.4 Å². The third-order valence-electron chi connectivity index (χ3n) is 6.15. The molecule has 2 aromatic carbocycles. The lowest BCUT2D eigenvalue weighted by Crippen LogP contribution is -2.54. The highest BCUT2D eigenvalue weighted by molar-refractivity contribution is 6.00. The number of hydrogen-bond donors (Lipinski definition) is 2. The zero-order valence-corrected chi connectivity index (χ0v) is 23.9. The van der Waals surface area contributed by atoms with Crippen LogP contribution >= 0.6 is 0 Å². The van der Waals surface area contributed by atoms with Crippen molar-refractivity contribution in [2.45, 2.75) is 80.0 Å². The Labute approximate surface area is 226 Å². The number of alkyl carbamates (subject to hydrolysis) is 1. The van der Waals surface area contributed by atoms with Crippen molar-refractivity contribution < 1.29 is 19.1 Å². The predicted octanol–water partition coefficient (Wildman–Crippen LogP) is 5.50. The second kappa shape index (κ2) is 12.6. The van der Waals surface area contributed by atoms with Crippen molar-refractivity contribution in [1.29, 1.82) is 5.26 Å². The molecule has 2 aromatic rings. The van der Waals surface area contributed by atoms with E-state index in [1.54, 1.807) is 34.6 Å². The van der Waals surface area contributed by atoms with E-state index in [0.29, 0.717) is 11.3 Å². The van der Waals surface area contributed by atoms with E-state index < -0.39 is 35.6 Å². The van der Waals surface area contributed by atoms with E-state index in [1.807, 2.05) is 70.2 Å². The number of amides is 3. The summed E-state index contributed by atoms with van der Waals surface area (Å²) >= 11 is 0. The molecule has 0 heterocycles. The van der Waals surface area contributed by atoms with Gasteiger partial charge in [-0.3, -0.25) is 9.59 Å². The van der Waals surface area contributed by atoms with Crippen LogP contribution < -0.4 is 10.6 Å². The maximum absolute atomic E-state index is 14.0. The van der Waals surface area contributed by atoms with Gasteiger partial charge >= 0.3 is 6.09 Å². The van der Waals surface area contributed by atoms with E-state index >= 15 is 0 Å². The van der Waals surface area contributed by atoms with Crippen LogP contribution in [0.2, 0.25) is 0 Å². The zero-order valence-electron chi connectivity index (χ0n) is 23.9. The number of benzene rings is 2. The molecule has 0 aliphatic carbocycles. The fourth-order valence-electron chi connectivity index (χ4n) is 4.21. The van der Waals surface area contributed by atoms with Crippen molar-refractivity contribution in [1.82, 2.24) is 10.2 Å². The molecule has 2 N–H and O–H groups in total. The van der Waals surface area contributed by atoms with Gasteiger partial charge < -0.3 is 20.3 Å². The number of nitrogens with one attached hydrogen (secondary N) is 2. The molecular formula is C30H40N4O4. The van der Waals surface area contributed by atoms with Crippen LogP contribution in [-0.4, -0.2) is 41.0 Å². The molecule has 0 saturated carbocycles. The van der Waals surface area contributed by atoms with Gasteiger partial charge in [-0.1, -0.05) is 55.8 Å². The number of anilines is 1. The molecule has 3 amide bonds. The second-order valence-electron chi connectivity index (χ2n) is 11.0. The van der Waals surface area contributed by atoms with Gasteiger partial charge in [-0.05, 0) is 76.6 Å². The SMILES string of the molecule is Cc1ccc(C)c(C(C(=O)Nc2c(C)cccc2C)N(CC#N)C(=O)C(NC(=O)OC(C)(C)C)C(C)C)c1. The van der Waals surface area contributed by atoms with Crippen LogP contribution in [0.3, 0.4) is 0 Å². The lowest BCUT2D eigenvalue weighted by atomic mass is 9.94. The Kier molecular flexibility index (Phi) is 10.1. The molecule has 8 nitrogen and oxygen atoms in total. The van der Waals surface area contributed by atoms with Gasteiger partial charge in [0.15, 0.2) is 0 Å². The first-order chi connectivity index (χ1) is 17.7. The Morgan fingerprint density at radius 3 is 2.13 bits per heavy atom. The molecule has 0 fully saturated rings. The maximum Gasteiger partial charge on any atom is 0.408 e. The van der Waals surface area contributed by atoms with Gasteiger partial charge in [0.1, 0.15) is 24.2 Å². The largest absolute Gasteiger partial charge is 0.444 e. The van der Waals surface area contributed by atoms with Gasteiger partial charge in [0.05, 0.1) is 6.07 Å². The summed E-state index contributed by atoms with van der Waals surface area (Å²) in [5, 5.41) is 15.4. The van der Waals surface area contributed by atoms with Crippen LogP contribution in [-0.2, 0) is 14.3 Å². The standard InChI is InChI=1S/C30H40N4O4/c1-18(2)24(33-29(37)38-30(7,8)9)28(36)34(16-15-31)26(23-17-19(3)13-14-20(23)4)27(35)32-25-21(5)11-10-12-22(25)6/h10-14,17-18,24,26H,16H2,1-9H3,(H,32,35)(H,33,37). The Morgan fingerprint density at radius 2 is 1.61 bits per heavy atom.